The standard InChI is InChI=1S/C8H14N4S/c1-12-8(9)10-7(11-12)6-4-2-3-5-13-6/h6H,2-5H2,1H3,(H2,9,10,11). The molecule has 4 nitrogen and oxygen atoms in total. The molecule has 1 saturated heterocycles. The second-order valence-corrected chi connectivity index (χ2v) is 4.62. The second-order valence-electron chi connectivity index (χ2n) is 3.31. The summed E-state index contributed by atoms with van der Waals surface area (Å²) < 4.78 is 1.64. The number of aromatic nitrogens is 3. The minimum atomic E-state index is 0.470. The summed E-state index contributed by atoms with van der Waals surface area (Å²) in [6.07, 6.45) is 3.80. The Morgan fingerprint density at radius 2 is 2.38 bits per heavy atom. The van der Waals surface area contributed by atoms with Gasteiger partial charge in [0.15, 0.2) is 5.82 Å². The van der Waals surface area contributed by atoms with Gasteiger partial charge in [0.25, 0.3) is 0 Å². The molecule has 0 radical (unpaired) electrons. The lowest BCUT2D eigenvalue weighted by molar-refractivity contribution is 0.651. The van der Waals surface area contributed by atoms with E-state index in [1.807, 2.05) is 18.8 Å². The Labute approximate surface area is 81.9 Å². The molecule has 0 amide bonds. The van der Waals surface area contributed by atoms with E-state index in [2.05, 4.69) is 10.1 Å². The number of nitrogens with two attached hydrogens (primary N) is 1. The van der Waals surface area contributed by atoms with E-state index in [1.165, 1.54) is 25.0 Å². The fourth-order valence-corrected chi connectivity index (χ4v) is 2.74. The van der Waals surface area contributed by atoms with Crippen molar-refractivity contribution in [3.05, 3.63) is 5.82 Å². The summed E-state index contributed by atoms with van der Waals surface area (Å²) in [6, 6.07) is 0. The third-order valence-electron chi connectivity index (χ3n) is 2.28. The molecule has 0 aliphatic carbocycles. The number of anilines is 1. The number of aryl methyl sites for hydroxylation is 1. The van der Waals surface area contributed by atoms with Crippen LogP contribution >= 0.6 is 11.8 Å². The van der Waals surface area contributed by atoms with E-state index >= 15 is 0 Å². The van der Waals surface area contributed by atoms with Crippen molar-refractivity contribution in [3.63, 3.8) is 0 Å². The molecule has 1 aromatic heterocycles. The van der Waals surface area contributed by atoms with Crippen molar-refractivity contribution in [2.24, 2.45) is 7.05 Å². The topological polar surface area (TPSA) is 56.7 Å². The first-order valence-electron chi connectivity index (χ1n) is 4.55. The van der Waals surface area contributed by atoms with Gasteiger partial charge < -0.3 is 5.73 Å². The molecule has 0 aromatic carbocycles. The van der Waals surface area contributed by atoms with Gasteiger partial charge in [-0.15, -0.1) is 0 Å². The van der Waals surface area contributed by atoms with Gasteiger partial charge in [-0.1, -0.05) is 6.42 Å². The van der Waals surface area contributed by atoms with Crippen molar-refractivity contribution in [3.8, 4) is 0 Å². The monoisotopic (exact) mass is 198 g/mol. The van der Waals surface area contributed by atoms with Crippen LogP contribution in [-0.2, 0) is 7.05 Å². The van der Waals surface area contributed by atoms with Crippen LogP contribution < -0.4 is 5.73 Å². The zero-order valence-electron chi connectivity index (χ0n) is 7.73. The van der Waals surface area contributed by atoms with E-state index in [1.54, 1.807) is 4.68 Å². The molecule has 0 saturated carbocycles. The Morgan fingerprint density at radius 1 is 1.54 bits per heavy atom. The van der Waals surface area contributed by atoms with Crippen molar-refractivity contribution in [2.45, 2.75) is 24.5 Å². The predicted octanol–water partition coefficient (Wildman–Crippen LogP) is 1.36. The van der Waals surface area contributed by atoms with Crippen LogP contribution in [0.3, 0.4) is 0 Å². The van der Waals surface area contributed by atoms with Crippen molar-refractivity contribution < 1.29 is 0 Å². The zero-order valence-corrected chi connectivity index (χ0v) is 8.55. The summed E-state index contributed by atoms with van der Waals surface area (Å²) in [5.41, 5.74) is 5.63. The van der Waals surface area contributed by atoms with Crippen LogP contribution in [0.2, 0.25) is 0 Å². The third-order valence-corrected chi connectivity index (χ3v) is 3.65. The Balaban J connectivity index is 2.14. The maximum absolute atomic E-state index is 5.63. The van der Waals surface area contributed by atoms with Gasteiger partial charge in [0.05, 0.1) is 5.25 Å². The van der Waals surface area contributed by atoms with Crippen LogP contribution in [0, 0.1) is 0 Å². The number of thioether (sulfide) groups is 1. The van der Waals surface area contributed by atoms with Crippen LogP contribution in [0.4, 0.5) is 5.95 Å². The van der Waals surface area contributed by atoms with Gasteiger partial charge in [-0.05, 0) is 18.6 Å². The summed E-state index contributed by atoms with van der Waals surface area (Å²) in [4.78, 5) is 4.24. The van der Waals surface area contributed by atoms with Crippen molar-refractivity contribution in [2.75, 3.05) is 11.5 Å². The number of rotatable bonds is 1. The molecule has 5 heteroatoms. The molecular weight excluding hydrogens is 184 g/mol. The summed E-state index contributed by atoms with van der Waals surface area (Å²) >= 11 is 1.94. The smallest absolute Gasteiger partial charge is 0.218 e. The predicted molar refractivity (Wildman–Crippen MR) is 54.5 cm³/mol. The molecule has 1 atom stereocenters. The SMILES string of the molecule is Cn1nc(C2CCCCS2)nc1N. The fraction of sp³-hybridized carbons (Fsp3) is 0.750. The summed E-state index contributed by atoms with van der Waals surface area (Å²) in [5.74, 6) is 2.65. The molecule has 1 unspecified atom stereocenters. The number of hydrogen-bond acceptors (Lipinski definition) is 4. The first-order valence-corrected chi connectivity index (χ1v) is 5.60. The van der Waals surface area contributed by atoms with Crippen molar-refractivity contribution in [1.82, 2.24) is 14.8 Å². The third kappa shape index (κ3) is 1.80. The Morgan fingerprint density at radius 3 is 2.92 bits per heavy atom. The van der Waals surface area contributed by atoms with E-state index in [4.69, 9.17) is 5.73 Å². The van der Waals surface area contributed by atoms with Crippen molar-refractivity contribution in [1.29, 1.82) is 0 Å². The van der Waals surface area contributed by atoms with Crippen LogP contribution in [0.15, 0.2) is 0 Å². The minimum absolute atomic E-state index is 0.470. The molecule has 2 rings (SSSR count). The van der Waals surface area contributed by atoms with E-state index < -0.39 is 0 Å². The van der Waals surface area contributed by atoms with Gasteiger partial charge in [0.2, 0.25) is 5.95 Å². The lowest BCUT2D eigenvalue weighted by Crippen LogP contribution is -2.04. The average Bonchev–Trinajstić information content (AvgIpc) is 2.49. The van der Waals surface area contributed by atoms with Crippen molar-refractivity contribution >= 4 is 17.7 Å². The lowest BCUT2D eigenvalue weighted by atomic mass is 10.2. The normalized spacial score (nSPS) is 23.3. The molecule has 0 spiro atoms. The largest absolute Gasteiger partial charge is 0.368 e. The first kappa shape index (κ1) is 8.87. The molecule has 1 fully saturated rings. The van der Waals surface area contributed by atoms with Gasteiger partial charge in [0, 0.05) is 7.05 Å². The average molecular weight is 198 g/mol. The van der Waals surface area contributed by atoms with Gasteiger partial charge in [-0.25, -0.2) is 4.68 Å². The molecule has 2 heterocycles. The number of nitrogens with zero attached hydrogens (tertiary/aromatic N) is 3. The highest BCUT2D eigenvalue weighted by Crippen LogP contribution is 2.36. The number of hydrogen-bond donors (Lipinski definition) is 1. The van der Waals surface area contributed by atoms with Crippen LogP contribution in [-0.4, -0.2) is 20.5 Å². The van der Waals surface area contributed by atoms with Gasteiger partial charge in [-0.3, -0.25) is 0 Å². The summed E-state index contributed by atoms with van der Waals surface area (Å²) in [6.45, 7) is 0. The molecule has 1 aliphatic rings. The van der Waals surface area contributed by atoms with Gasteiger partial charge >= 0.3 is 0 Å². The highest BCUT2D eigenvalue weighted by Gasteiger charge is 2.20. The Bertz CT molecular complexity index is 271. The summed E-state index contributed by atoms with van der Waals surface area (Å²) in [5, 5.41) is 4.76. The Hall–Kier alpha value is -0.710. The molecule has 72 valence electrons. The minimum Gasteiger partial charge on any atom is -0.368 e. The van der Waals surface area contributed by atoms with E-state index in [-0.39, 0.29) is 0 Å². The molecule has 0 bridgehead atoms. The molecule has 13 heavy (non-hydrogen) atoms. The van der Waals surface area contributed by atoms with E-state index in [0.29, 0.717) is 11.2 Å². The Kier molecular flexibility index (Phi) is 2.44. The van der Waals surface area contributed by atoms with Crippen LogP contribution in [0.5, 0.6) is 0 Å². The molecule has 2 N–H and O–H groups in total. The number of nitrogen functional groups attached to an aromatic ring is 1. The van der Waals surface area contributed by atoms with Gasteiger partial charge in [0.1, 0.15) is 0 Å². The van der Waals surface area contributed by atoms with E-state index in [0.717, 1.165) is 5.82 Å². The summed E-state index contributed by atoms with van der Waals surface area (Å²) in [7, 11) is 1.83. The van der Waals surface area contributed by atoms with Crippen LogP contribution in [0.25, 0.3) is 0 Å². The fourth-order valence-electron chi connectivity index (χ4n) is 1.50. The molecular formula is C8H14N4S. The second kappa shape index (κ2) is 3.57. The highest BCUT2D eigenvalue weighted by molar-refractivity contribution is 7.99. The quantitative estimate of drug-likeness (QED) is 0.740. The maximum atomic E-state index is 5.63. The molecule has 1 aromatic rings. The van der Waals surface area contributed by atoms with Gasteiger partial charge in [-0.2, -0.15) is 21.8 Å². The molecule has 1 aliphatic heterocycles. The first-order chi connectivity index (χ1) is 6.27. The zero-order chi connectivity index (χ0) is 9.26. The lowest BCUT2D eigenvalue weighted by Gasteiger charge is -2.17. The van der Waals surface area contributed by atoms with Crippen LogP contribution in [0.1, 0.15) is 30.3 Å². The highest BCUT2D eigenvalue weighted by atomic mass is 32.2. The maximum Gasteiger partial charge on any atom is 0.218 e. The van der Waals surface area contributed by atoms with E-state index in [9.17, 15) is 0 Å².